The Morgan fingerprint density at radius 3 is 2.62 bits per heavy atom. The molecule has 164 valence electrons. The first-order chi connectivity index (χ1) is 15.2. The third-order valence-corrected chi connectivity index (χ3v) is 5.97. The van der Waals surface area contributed by atoms with Crippen LogP contribution >= 0.6 is 7.60 Å². The number of nitrogens with two attached hydrogens (primary N) is 1. The summed E-state index contributed by atoms with van der Waals surface area (Å²) >= 11 is 0. The summed E-state index contributed by atoms with van der Waals surface area (Å²) in [5.41, 5.74) is 11.6. The molecule has 2 aromatic heterocycles. The largest absolute Gasteiger partial charge is 0.497 e. The molecule has 4 aromatic rings. The van der Waals surface area contributed by atoms with E-state index in [4.69, 9.17) is 20.3 Å². The number of benzene rings is 2. The van der Waals surface area contributed by atoms with E-state index in [0.717, 1.165) is 40.7 Å². The zero-order valence-electron chi connectivity index (χ0n) is 17.8. The van der Waals surface area contributed by atoms with E-state index < -0.39 is 7.60 Å². The first-order valence-corrected chi connectivity index (χ1v) is 11.8. The molecule has 2 heterocycles. The van der Waals surface area contributed by atoms with Crippen LogP contribution in [0.5, 0.6) is 5.75 Å². The molecule has 7 nitrogen and oxygen atoms in total. The van der Waals surface area contributed by atoms with Gasteiger partial charge in [-0.2, -0.15) is 0 Å². The molecule has 0 atom stereocenters. The number of rotatable bonds is 6. The van der Waals surface area contributed by atoms with Gasteiger partial charge in [-0.15, -0.1) is 0 Å². The number of aromatic nitrogens is 2. The van der Waals surface area contributed by atoms with Crippen molar-refractivity contribution >= 4 is 41.3 Å². The summed E-state index contributed by atoms with van der Waals surface area (Å²) in [7, 11) is -2.57. The highest BCUT2D eigenvalue weighted by Crippen LogP contribution is 2.37. The lowest BCUT2D eigenvalue weighted by molar-refractivity contribution is 0.386. The predicted molar refractivity (Wildman–Crippen MR) is 128 cm³/mol. The highest BCUT2D eigenvalue weighted by atomic mass is 31.2. The molecule has 8 heteroatoms. The lowest BCUT2D eigenvalue weighted by atomic mass is 9.99. The normalized spacial score (nSPS) is 12.1. The molecule has 0 radical (unpaired) electrons. The summed E-state index contributed by atoms with van der Waals surface area (Å²) in [5, 5.41) is 1.79. The molecule has 0 aliphatic rings. The van der Waals surface area contributed by atoms with Crippen LogP contribution in [0, 0.1) is 6.92 Å². The number of aryl methyl sites for hydroxylation is 3. The van der Waals surface area contributed by atoms with Gasteiger partial charge in [0.25, 0.3) is 0 Å². The fourth-order valence-corrected chi connectivity index (χ4v) is 4.11. The average molecular weight is 449 g/mol. The first-order valence-electron chi connectivity index (χ1n) is 10.1. The second-order valence-electron chi connectivity index (χ2n) is 7.71. The number of fused-ring (bicyclic) bond motifs is 3. The monoisotopic (exact) mass is 449 g/mol. The van der Waals surface area contributed by atoms with Crippen LogP contribution in [0.3, 0.4) is 0 Å². The van der Waals surface area contributed by atoms with E-state index in [2.05, 4.69) is 29.0 Å². The number of nitrogen functional groups attached to an aromatic ring is 1. The average Bonchev–Trinajstić information content (AvgIpc) is 2.76. The summed E-state index contributed by atoms with van der Waals surface area (Å²) in [5.74, 6) is 2.04. The first kappa shape index (κ1) is 22.0. The minimum Gasteiger partial charge on any atom is -0.497 e. The van der Waals surface area contributed by atoms with Crippen molar-refractivity contribution in [1.82, 2.24) is 9.97 Å². The molecule has 32 heavy (non-hydrogen) atoms. The summed E-state index contributed by atoms with van der Waals surface area (Å²) in [4.78, 5) is 27.1. The maximum Gasteiger partial charge on any atom is 0.349 e. The van der Waals surface area contributed by atoms with Gasteiger partial charge in [0.15, 0.2) is 5.82 Å². The Kier molecular flexibility index (Phi) is 5.98. The van der Waals surface area contributed by atoms with Gasteiger partial charge in [0.2, 0.25) is 0 Å². The summed E-state index contributed by atoms with van der Waals surface area (Å²) in [6, 6.07) is 13.6. The van der Waals surface area contributed by atoms with Crippen LogP contribution in [0.25, 0.3) is 27.9 Å². The van der Waals surface area contributed by atoms with Crippen LogP contribution in [-0.2, 0) is 17.4 Å². The number of methoxy groups -OCH3 is 1. The molecule has 4 rings (SSSR count). The molecule has 0 unspecified atom stereocenters. The Labute approximate surface area is 185 Å². The number of hydrogen-bond acceptors (Lipinski definition) is 5. The molecule has 0 aliphatic carbocycles. The molecule has 2 aromatic carbocycles. The summed E-state index contributed by atoms with van der Waals surface area (Å²) in [6.07, 6.45) is 4.91. The topological polar surface area (TPSA) is 119 Å². The van der Waals surface area contributed by atoms with Crippen LogP contribution in [0.1, 0.15) is 22.3 Å². The van der Waals surface area contributed by atoms with Gasteiger partial charge in [-0.05, 0) is 72.4 Å². The Morgan fingerprint density at radius 1 is 1.09 bits per heavy atom. The lowest BCUT2D eigenvalue weighted by Gasteiger charge is -2.10. The van der Waals surface area contributed by atoms with E-state index in [1.54, 1.807) is 19.2 Å². The number of anilines is 1. The Morgan fingerprint density at radius 2 is 1.91 bits per heavy atom. The molecule has 0 amide bonds. The van der Waals surface area contributed by atoms with Gasteiger partial charge >= 0.3 is 7.60 Å². The Balaban J connectivity index is 1.68. The number of hydrogen-bond donors (Lipinski definition) is 3. The maximum atomic E-state index is 11.1. The third kappa shape index (κ3) is 4.81. The van der Waals surface area contributed by atoms with Crippen molar-refractivity contribution in [2.24, 2.45) is 0 Å². The van der Waals surface area contributed by atoms with E-state index in [0.29, 0.717) is 22.4 Å². The van der Waals surface area contributed by atoms with Crippen molar-refractivity contribution in [3.05, 3.63) is 76.7 Å². The van der Waals surface area contributed by atoms with Gasteiger partial charge in [0.05, 0.1) is 12.6 Å². The van der Waals surface area contributed by atoms with Crippen LogP contribution in [0.15, 0.2) is 54.5 Å². The Hall–Kier alpha value is -3.25. The third-order valence-electron chi connectivity index (χ3n) is 5.43. The zero-order valence-corrected chi connectivity index (χ0v) is 18.7. The van der Waals surface area contributed by atoms with Gasteiger partial charge in [0.1, 0.15) is 11.3 Å². The highest BCUT2D eigenvalue weighted by Gasteiger charge is 2.11. The fraction of sp³-hybridized carbons (Fsp3) is 0.167. The standard InChI is InChI=1S/C24H24N3O4P/c1-15-11-19(31-2)7-6-18(15)5-3-17-12-21-20-8-4-16(9-10-32(28,29)30)13-22(20)27-24(25)23(21)26-14-17/h4,6-14H,3,5H2,1-2H3,(H2,25,27)(H2,28,29,30). The number of ether oxygens (including phenoxy) is 1. The molecule has 0 saturated heterocycles. The summed E-state index contributed by atoms with van der Waals surface area (Å²) in [6.45, 7) is 2.08. The molecule has 0 saturated carbocycles. The minimum absolute atomic E-state index is 0.321. The van der Waals surface area contributed by atoms with E-state index >= 15 is 0 Å². The molecule has 4 N–H and O–H groups in total. The van der Waals surface area contributed by atoms with E-state index in [9.17, 15) is 4.57 Å². The van der Waals surface area contributed by atoms with Gasteiger partial charge in [-0.3, -0.25) is 9.55 Å². The molecule has 0 fully saturated rings. The quantitative estimate of drug-likeness (QED) is 0.290. The van der Waals surface area contributed by atoms with Crippen molar-refractivity contribution in [1.29, 1.82) is 0 Å². The van der Waals surface area contributed by atoms with Crippen molar-refractivity contribution in [2.45, 2.75) is 19.8 Å². The van der Waals surface area contributed by atoms with Crippen molar-refractivity contribution < 1.29 is 19.1 Å². The smallest absolute Gasteiger partial charge is 0.349 e. The van der Waals surface area contributed by atoms with E-state index in [1.807, 2.05) is 24.4 Å². The zero-order chi connectivity index (χ0) is 22.9. The molecular weight excluding hydrogens is 425 g/mol. The van der Waals surface area contributed by atoms with Gasteiger partial charge in [-0.25, -0.2) is 4.98 Å². The highest BCUT2D eigenvalue weighted by molar-refractivity contribution is 7.55. The molecule has 0 aliphatic heterocycles. The molecule has 0 bridgehead atoms. The second kappa shape index (κ2) is 8.71. The lowest BCUT2D eigenvalue weighted by Crippen LogP contribution is -1.99. The van der Waals surface area contributed by atoms with E-state index in [1.165, 1.54) is 17.2 Å². The molecule has 0 spiro atoms. The fourth-order valence-electron chi connectivity index (χ4n) is 3.75. The molecular formula is C24H24N3O4P. The van der Waals surface area contributed by atoms with Crippen LogP contribution in [-0.4, -0.2) is 26.9 Å². The van der Waals surface area contributed by atoms with Gasteiger partial charge in [0, 0.05) is 22.8 Å². The van der Waals surface area contributed by atoms with Crippen LogP contribution < -0.4 is 10.5 Å². The van der Waals surface area contributed by atoms with Crippen molar-refractivity contribution in [2.75, 3.05) is 12.8 Å². The second-order valence-corrected chi connectivity index (χ2v) is 9.19. The maximum absolute atomic E-state index is 11.1. The van der Waals surface area contributed by atoms with Gasteiger partial charge < -0.3 is 20.3 Å². The van der Waals surface area contributed by atoms with Crippen LogP contribution in [0.4, 0.5) is 5.82 Å². The predicted octanol–water partition coefficient (Wildman–Crippen LogP) is 4.62. The number of nitrogens with zero attached hydrogens (tertiary/aromatic N) is 2. The SMILES string of the molecule is COc1ccc(CCc2cnc3c(N)nc4cc(C=CP(=O)(O)O)ccc4c3c2)c(C)c1. The summed E-state index contributed by atoms with van der Waals surface area (Å²) < 4.78 is 16.4. The van der Waals surface area contributed by atoms with Crippen LogP contribution in [0.2, 0.25) is 0 Å². The minimum atomic E-state index is -4.23. The van der Waals surface area contributed by atoms with E-state index in [-0.39, 0.29) is 0 Å². The number of pyridine rings is 2. The van der Waals surface area contributed by atoms with Crippen molar-refractivity contribution in [3.63, 3.8) is 0 Å². The Bertz CT molecular complexity index is 1400. The van der Waals surface area contributed by atoms with Gasteiger partial charge in [-0.1, -0.05) is 18.2 Å². The van der Waals surface area contributed by atoms with Crippen molar-refractivity contribution in [3.8, 4) is 5.75 Å².